The molecule has 4 aromatic heterocycles. The first-order valence-corrected chi connectivity index (χ1v) is 8.11. The molecule has 4 rings (SSSR count). The van der Waals surface area contributed by atoms with Gasteiger partial charge in [-0.3, -0.25) is 0 Å². The Hall–Kier alpha value is -4.46. The average Bonchev–Trinajstić information content (AvgIpc) is 3.28. The van der Waals surface area contributed by atoms with Crippen LogP contribution in [0.1, 0.15) is 5.69 Å². The predicted octanol–water partition coefficient (Wildman–Crippen LogP) is 3.10. The topological polar surface area (TPSA) is 129 Å². The molecule has 0 radical (unpaired) electrons. The summed E-state index contributed by atoms with van der Waals surface area (Å²) in [6.07, 6.45) is 4.58. The van der Waals surface area contributed by atoms with Gasteiger partial charge in [0.2, 0.25) is 0 Å². The summed E-state index contributed by atoms with van der Waals surface area (Å²) in [4.78, 5) is 7.66. The van der Waals surface area contributed by atoms with Crippen molar-refractivity contribution in [2.24, 2.45) is 10.2 Å². The SMILES string of the molecule is [C-]#[N+]c1cnn(-c2cccnn2)c1N=Nc1c(C)nn(-c2ccccn2)c1N. The molecular formula is C17H13N11. The molecule has 28 heavy (non-hydrogen) atoms. The number of nitrogen functional groups attached to an aromatic ring is 1. The third-order valence-electron chi connectivity index (χ3n) is 3.80. The minimum atomic E-state index is 0.222. The molecule has 0 saturated heterocycles. The van der Waals surface area contributed by atoms with Crippen LogP contribution in [0.15, 0.2) is 59.2 Å². The van der Waals surface area contributed by atoms with Crippen molar-refractivity contribution in [1.82, 2.24) is 34.7 Å². The van der Waals surface area contributed by atoms with Crippen LogP contribution in [-0.2, 0) is 0 Å². The molecule has 0 saturated carbocycles. The summed E-state index contributed by atoms with van der Waals surface area (Å²) in [5.74, 6) is 1.49. The Bertz CT molecular complexity index is 1180. The molecule has 0 aliphatic rings. The Morgan fingerprint density at radius 3 is 2.64 bits per heavy atom. The van der Waals surface area contributed by atoms with Gasteiger partial charge >= 0.3 is 0 Å². The third-order valence-corrected chi connectivity index (χ3v) is 3.80. The fraction of sp³-hybridized carbons (Fsp3) is 0.0588. The van der Waals surface area contributed by atoms with Crippen molar-refractivity contribution in [2.45, 2.75) is 6.92 Å². The first kappa shape index (κ1) is 17.0. The Kier molecular flexibility index (Phi) is 4.27. The van der Waals surface area contributed by atoms with Crippen molar-refractivity contribution in [2.75, 3.05) is 5.73 Å². The molecule has 0 atom stereocenters. The van der Waals surface area contributed by atoms with E-state index in [4.69, 9.17) is 12.3 Å². The number of hydrogen-bond donors (Lipinski definition) is 1. The molecule has 0 unspecified atom stereocenters. The molecular weight excluding hydrogens is 358 g/mol. The fourth-order valence-corrected chi connectivity index (χ4v) is 2.49. The summed E-state index contributed by atoms with van der Waals surface area (Å²) >= 11 is 0. The van der Waals surface area contributed by atoms with E-state index in [1.165, 1.54) is 15.6 Å². The molecule has 0 aliphatic carbocycles. The molecule has 0 fully saturated rings. The summed E-state index contributed by atoms with van der Waals surface area (Å²) < 4.78 is 2.87. The van der Waals surface area contributed by atoms with Gasteiger partial charge in [-0.15, -0.1) is 15.3 Å². The smallest absolute Gasteiger partial charge is 0.252 e. The number of nitrogens with zero attached hydrogens (tertiary/aromatic N) is 10. The summed E-state index contributed by atoms with van der Waals surface area (Å²) in [7, 11) is 0. The van der Waals surface area contributed by atoms with Crippen molar-refractivity contribution >= 4 is 23.0 Å². The van der Waals surface area contributed by atoms with Crippen LogP contribution in [0.25, 0.3) is 16.5 Å². The van der Waals surface area contributed by atoms with E-state index in [0.29, 0.717) is 23.0 Å². The van der Waals surface area contributed by atoms with Crippen LogP contribution in [0.5, 0.6) is 0 Å². The molecule has 0 amide bonds. The van der Waals surface area contributed by atoms with Gasteiger partial charge in [-0.2, -0.15) is 20.0 Å². The number of nitrogens with two attached hydrogens (primary N) is 1. The van der Waals surface area contributed by atoms with Crippen molar-refractivity contribution in [1.29, 1.82) is 0 Å². The fourth-order valence-electron chi connectivity index (χ4n) is 2.49. The first-order valence-electron chi connectivity index (χ1n) is 8.11. The lowest BCUT2D eigenvalue weighted by Gasteiger charge is -2.02. The van der Waals surface area contributed by atoms with Crippen molar-refractivity contribution in [3.63, 3.8) is 0 Å². The molecule has 11 heteroatoms. The molecule has 4 heterocycles. The Labute approximate surface area is 159 Å². The Balaban J connectivity index is 1.76. The highest BCUT2D eigenvalue weighted by Crippen LogP contribution is 2.34. The van der Waals surface area contributed by atoms with Crippen LogP contribution in [0, 0.1) is 13.5 Å². The zero-order chi connectivity index (χ0) is 19.5. The molecule has 0 aliphatic heterocycles. The lowest BCUT2D eigenvalue weighted by atomic mass is 10.4. The zero-order valence-electron chi connectivity index (χ0n) is 14.7. The predicted molar refractivity (Wildman–Crippen MR) is 100 cm³/mol. The van der Waals surface area contributed by atoms with E-state index in [1.807, 2.05) is 6.07 Å². The van der Waals surface area contributed by atoms with Gasteiger partial charge in [-0.05, 0) is 31.2 Å². The third kappa shape index (κ3) is 2.95. The number of pyridine rings is 1. The lowest BCUT2D eigenvalue weighted by Crippen LogP contribution is -2.03. The first-order chi connectivity index (χ1) is 13.7. The van der Waals surface area contributed by atoms with Crippen LogP contribution < -0.4 is 5.73 Å². The maximum absolute atomic E-state index is 7.33. The van der Waals surface area contributed by atoms with Crippen molar-refractivity contribution in [3.05, 3.63) is 66.0 Å². The molecule has 11 nitrogen and oxygen atoms in total. The van der Waals surface area contributed by atoms with Gasteiger partial charge < -0.3 is 5.73 Å². The number of rotatable bonds is 4. The largest absolute Gasteiger partial charge is 0.382 e. The van der Waals surface area contributed by atoms with Gasteiger partial charge in [0.05, 0.1) is 18.5 Å². The number of aromatic nitrogens is 7. The Morgan fingerprint density at radius 1 is 1.07 bits per heavy atom. The summed E-state index contributed by atoms with van der Waals surface area (Å²) in [5, 5.41) is 24.8. The summed E-state index contributed by atoms with van der Waals surface area (Å²) in [5.41, 5.74) is 7.38. The molecule has 2 N–H and O–H groups in total. The normalized spacial score (nSPS) is 11.0. The molecule has 0 bridgehead atoms. The lowest BCUT2D eigenvalue weighted by molar-refractivity contribution is 0.809. The van der Waals surface area contributed by atoms with E-state index in [-0.39, 0.29) is 17.3 Å². The molecule has 136 valence electrons. The van der Waals surface area contributed by atoms with E-state index >= 15 is 0 Å². The van der Waals surface area contributed by atoms with Crippen LogP contribution in [0.2, 0.25) is 0 Å². The van der Waals surface area contributed by atoms with Crippen LogP contribution in [-0.4, -0.2) is 34.7 Å². The highest BCUT2D eigenvalue weighted by Gasteiger charge is 2.17. The van der Waals surface area contributed by atoms with E-state index < -0.39 is 0 Å². The molecule has 0 spiro atoms. The van der Waals surface area contributed by atoms with Crippen molar-refractivity contribution < 1.29 is 0 Å². The monoisotopic (exact) mass is 371 g/mol. The highest BCUT2D eigenvalue weighted by atomic mass is 15.4. The van der Waals surface area contributed by atoms with E-state index in [2.05, 4.69) is 40.5 Å². The summed E-state index contributed by atoms with van der Waals surface area (Å²) in [6.45, 7) is 9.09. The second-order valence-corrected chi connectivity index (χ2v) is 5.58. The van der Waals surface area contributed by atoms with Gasteiger partial charge in [0.15, 0.2) is 29.0 Å². The average molecular weight is 371 g/mol. The van der Waals surface area contributed by atoms with E-state index in [1.54, 1.807) is 43.6 Å². The maximum atomic E-state index is 7.33. The van der Waals surface area contributed by atoms with Crippen LogP contribution in [0.4, 0.5) is 23.0 Å². The number of hydrogen-bond acceptors (Lipinski definition) is 8. The van der Waals surface area contributed by atoms with Gasteiger partial charge in [-0.25, -0.2) is 14.5 Å². The van der Waals surface area contributed by atoms with Crippen molar-refractivity contribution in [3.8, 4) is 11.6 Å². The highest BCUT2D eigenvalue weighted by molar-refractivity contribution is 5.66. The maximum Gasteiger partial charge on any atom is 0.252 e. The molecule has 0 aromatic carbocycles. The minimum Gasteiger partial charge on any atom is -0.382 e. The number of aryl methyl sites for hydroxylation is 1. The standard InChI is InChI=1S/C17H13N11/c1-11-15(16(18)27(26-11)13-6-3-4-8-20-13)24-25-17-12(19-2)10-22-28(17)14-7-5-9-21-23-14/h3-10H,18H2,1H3. The number of azo groups is 1. The van der Waals surface area contributed by atoms with Gasteiger partial charge in [0, 0.05) is 12.4 Å². The van der Waals surface area contributed by atoms with E-state index in [0.717, 1.165) is 0 Å². The number of anilines is 1. The minimum absolute atomic E-state index is 0.222. The Morgan fingerprint density at radius 2 is 1.93 bits per heavy atom. The van der Waals surface area contributed by atoms with Crippen LogP contribution in [0.3, 0.4) is 0 Å². The zero-order valence-corrected chi connectivity index (χ0v) is 14.7. The quantitative estimate of drug-likeness (QED) is 0.433. The van der Waals surface area contributed by atoms with Gasteiger partial charge in [-0.1, -0.05) is 6.07 Å². The second kappa shape index (κ2) is 7.04. The second-order valence-electron chi connectivity index (χ2n) is 5.58. The summed E-state index contributed by atoms with van der Waals surface area (Å²) in [6, 6.07) is 8.83. The van der Waals surface area contributed by atoms with Gasteiger partial charge in [0.1, 0.15) is 0 Å². The molecule has 4 aromatic rings. The van der Waals surface area contributed by atoms with Crippen LogP contribution >= 0.6 is 0 Å². The van der Waals surface area contributed by atoms with E-state index in [9.17, 15) is 0 Å². The van der Waals surface area contributed by atoms with Gasteiger partial charge in [0.25, 0.3) is 5.69 Å².